The van der Waals surface area contributed by atoms with E-state index in [1.807, 2.05) is 18.5 Å². The molecule has 1 aliphatic heterocycles. The van der Waals surface area contributed by atoms with Crippen molar-refractivity contribution in [2.24, 2.45) is 12.0 Å². The fourth-order valence-corrected chi connectivity index (χ4v) is 3.95. The van der Waals surface area contributed by atoms with Crippen molar-refractivity contribution < 1.29 is 4.74 Å². The summed E-state index contributed by atoms with van der Waals surface area (Å²) in [5.41, 5.74) is 0.990. The summed E-state index contributed by atoms with van der Waals surface area (Å²) in [5, 5.41) is 19.9. The lowest BCUT2D eigenvalue weighted by molar-refractivity contribution is 0.113. The van der Waals surface area contributed by atoms with Gasteiger partial charge in [0.2, 0.25) is 0 Å². The molecule has 2 N–H and O–H groups in total. The molecule has 0 aromatic carbocycles. The predicted octanol–water partition coefficient (Wildman–Crippen LogP) is 2.47. The molecular weight excluding hydrogens is 495 g/mol. The second-order valence-corrected chi connectivity index (χ2v) is 7.98. The first-order valence-electron chi connectivity index (χ1n) is 10.7. The number of ether oxygens (including phenoxy) is 1. The van der Waals surface area contributed by atoms with E-state index in [9.17, 15) is 0 Å². The van der Waals surface area contributed by atoms with Crippen LogP contribution in [0.5, 0.6) is 0 Å². The Morgan fingerprint density at radius 1 is 1.20 bits per heavy atom. The average Bonchev–Trinajstić information content (AvgIpc) is 3.52. The van der Waals surface area contributed by atoms with Crippen molar-refractivity contribution in [3.05, 3.63) is 29.6 Å². The van der Waals surface area contributed by atoms with Crippen LogP contribution < -0.4 is 10.6 Å². The lowest BCUT2D eigenvalue weighted by Crippen LogP contribution is -2.41. The number of hydrogen-bond donors (Lipinski definition) is 2. The van der Waals surface area contributed by atoms with Gasteiger partial charge in [-0.05, 0) is 38.7 Å². The molecule has 2 fully saturated rings. The monoisotopic (exact) mass is 528 g/mol. The van der Waals surface area contributed by atoms with Gasteiger partial charge in [-0.1, -0.05) is 12.8 Å². The summed E-state index contributed by atoms with van der Waals surface area (Å²) in [7, 11) is 1.97. The molecular formula is C20H33IN8O. The fourth-order valence-electron chi connectivity index (χ4n) is 3.95. The molecule has 0 amide bonds. The van der Waals surface area contributed by atoms with Crippen molar-refractivity contribution in [2.75, 3.05) is 13.2 Å². The van der Waals surface area contributed by atoms with Crippen molar-refractivity contribution in [3.8, 4) is 0 Å². The molecule has 166 valence electrons. The van der Waals surface area contributed by atoms with E-state index in [-0.39, 0.29) is 30.1 Å². The first-order chi connectivity index (χ1) is 14.2. The van der Waals surface area contributed by atoms with Gasteiger partial charge in [0, 0.05) is 26.4 Å². The van der Waals surface area contributed by atoms with Crippen LogP contribution >= 0.6 is 24.0 Å². The van der Waals surface area contributed by atoms with Crippen LogP contribution in [0.15, 0.2) is 17.3 Å². The highest BCUT2D eigenvalue weighted by Gasteiger charge is 2.18. The standard InChI is InChI=1S/C20H32N8O.HI/c1-15-24-25-19(27(15)2)14-23-20(22-13-18-8-5-11-29-18)21-12-16-9-10-28(26-16)17-6-3-4-7-17;/h9-10,17-18H,3-8,11-14H2,1-2H3,(H2,21,22,23);1H. The molecule has 2 aromatic heterocycles. The zero-order valence-corrected chi connectivity index (χ0v) is 20.2. The molecule has 1 unspecified atom stereocenters. The van der Waals surface area contributed by atoms with Crippen LogP contribution in [-0.4, -0.2) is 49.8 Å². The van der Waals surface area contributed by atoms with Gasteiger partial charge < -0.3 is 19.9 Å². The summed E-state index contributed by atoms with van der Waals surface area (Å²) in [4.78, 5) is 4.75. The third-order valence-electron chi connectivity index (χ3n) is 5.88. The molecule has 2 aromatic rings. The van der Waals surface area contributed by atoms with Gasteiger partial charge in [-0.15, -0.1) is 34.2 Å². The van der Waals surface area contributed by atoms with Gasteiger partial charge in [0.05, 0.1) is 30.9 Å². The van der Waals surface area contributed by atoms with E-state index >= 15 is 0 Å². The highest BCUT2D eigenvalue weighted by molar-refractivity contribution is 14.0. The maximum atomic E-state index is 5.72. The number of aryl methyl sites for hydroxylation is 1. The van der Waals surface area contributed by atoms with Crippen LogP contribution in [0.4, 0.5) is 0 Å². The molecule has 10 heteroatoms. The SMILES string of the molecule is Cc1nnc(CNC(=NCc2ccn(C3CCCC3)n2)NCC2CCCO2)n1C.I. The molecule has 0 spiro atoms. The van der Waals surface area contributed by atoms with E-state index in [2.05, 4.69) is 37.8 Å². The Kier molecular flexibility index (Phi) is 8.49. The Morgan fingerprint density at radius 3 is 2.73 bits per heavy atom. The Labute approximate surface area is 195 Å². The van der Waals surface area contributed by atoms with E-state index in [1.165, 1.54) is 25.7 Å². The van der Waals surface area contributed by atoms with E-state index in [0.29, 0.717) is 19.1 Å². The summed E-state index contributed by atoms with van der Waals surface area (Å²) >= 11 is 0. The zero-order valence-electron chi connectivity index (χ0n) is 17.9. The minimum Gasteiger partial charge on any atom is -0.376 e. The topological polar surface area (TPSA) is 94.2 Å². The van der Waals surface area contributed by atoms with Crippen molar-refractivity contribution in [2.45, 2.75) is 70.7 Å². The van der Waals surface area contributed by atoms with Crippen LogP contribution in [0.3, 0.4) is 0 Å². The second kappa shape index (κ2) is 11.1. The number of hydrogen-bond acceptors (Lipinski definition) is 5. The molecule has 1 aliphatic carbocycles. The first-order valence-corrected chi connectivity index (χ1v) is 10.7. The van der Waals surface area contributed by atoms with Crippen molar-refractivity contribution in [3.63, 3.8) is 0 Å². The second-order valence-electron chi connectivity index (χ2n) is 7.98. The van der Waals surface area contributed by atoms with Gasteiger partial charge in [-0.2, -0.15) is 5.10 Å². The fraction of sp³-hybridized carbons (Fsp3) is 0.700. The van der Waals surface area contributed by atoms with Crippen molar-refractivity contribution >= 4 is 29.9 Å². The van der Waals surface area contributed by atoms with Crippen LogP contribution in [0.2, 0.25) is 0 Å². The Morgan fingerprint density at radius 2 is 2.03 bits per heavy atom. The van der Waals surface area contributed by atoms with Gasteiger partial charge in [0.25, 0.3) is 0 Å². The zero-order chi connectivity index (χ0) is 20.1. The Bertz CT molecular complexity index is 821. The van der Waals surface area contributed by atoms with Gasteiger partial charge >= 0.3 is 0 Å². The minimum atomic E-state index is 0. The van der Waals surface area contributed by atoms with Gasteiger partial charge in [0.1, 0.15) is 5.82 Å². The maximum Gasteiger partial charge on any atom is 0.192 e. The molecule has 1 saturated heterocycles. The molecule has 0 radical (unpaired) electrons. The lowest BCUT2D eigenvalue weighted by Gasteiger charge is -2.15. The lowest BCUT2D eigenvalue weighted by atomic mass is 10.2. The van der Waals surface area contributed by atoms with Crippen LogP contribution in [-0.2, 0) is 24.9 Å². The summed E-state index contributed by atoms with van der Waals surface area (Å²) in [6, 6.07) is 2.63. The Balaban J connectivity index is 0.00000256. The van der Waals surface area contributed by atoms with E-state index < -0.39 is 0 Å². The molecule has 3 heterocycles. The number of nitrogens with one attached hydrogen (secondary N) is 2. The van der Waals surface area contributed by atoms with Gasteiger partial charge in [-0.25, -0.2) is 4.99 Å². The highest BCUT2D eigenvalue weighted by Crippen LogP contribution is 2.28. The highest BCUT2D eigenvalue weighted by atomic mass is 127. The number of aromatic nitrogens is 5. The average molecular weight is 528 g/mol. The summed E-state index contributed by atoms with van der Waals surface area (Å²) in [5.74, 6) is 2.52. The van der Waals surface area contributed by atoms with Gasteiger partial charge in [0.15, 0.2) is 11.8 Å². The van der Waals surface area contributed by atoms with Gasteiger partial charge in [-0.3, -0.25) is 4.68 Å². The summed E-state index contributed by atoms with van der Waals surface area (Å²) in [6.45, 7) is 4.65. The van der Waals surface area contributed by atoms with Crippen molar-refractivity contribution in [1.29, 1.82) is 0 Å². The predicted molar refractivity (Wildman–Crippen MR) is 126 cm³/mol. The third kappa shape index (κ3) is 5.93. The van der Waals surface area contributed by atoms with E-state index in [0.717, 1.165) is 49.3 Å². The quantitative estimate of drug-likeness (QED) is 0.326. The molecule has 1 atom stereocenters. The third-order valence-corrected chi connectivity index (χ3v) is 5.88. The molecule has 4 rings (SSSR count). The molecule has 2 aliphatic rings. The number of nitrogens with zero attached hydrogens (tertiary/aromatic N) is 6. The van der Waals surface area contributed by atoms with E-state index in [4.69, 9.17) is 14.8 Å². The number of aliphatic imine (C=N–C) groups is 1. The molecule has 9 nitrogen and oxygen atoms in total. The van der Waals surface area contributed by atoms with Crippen LogP contribution in [0, 0.1) is 6.92 Å². The largest absolute Gasteiger partial charge is 0.376 e. The van der Waals surface area contributed by atoms with E-state index in [1.54, 1.807) is 0 Å². The molecule has 0 bridgehead atoms. The molecule has 1 saturated carbocycles. The smallest absolute Gasteiger partial charge is 0.192 e. The normalized spacial score (nSPS) is 19.8. The van der Waals surface area contributed by atoms with Crippen LogP contribution in [0.25, 0.3) is 0 Å². The minimum absolute atomic E-state index is 0. The maximum absolute atomic E-state index is 5.72. The van der Waals surface area contributed by atoms with Crippen LogP contribution in [0.1, 0.15) is 61.9 Å². The molecule has 30 heavy (non-hydrogen) atoms. The summed E-state index contributed by atoms with van der Waals surface area (Å²) in [6.07, 6.45) is 9.64. The summed E-state index contributed by atoms with van der Waals surface area (Å²) < 4.78 is 9.82. The number of rotatable bonds is 7. The number of halogens is 1. The van der Waals surface area contributed by atoms with Crippen molar-refractivity contribution in [1.82, 2.24) is 35.2 Å². The Hall–Kier alpha value is -1.69. The number of guanidine groups is 1. The first kappa shape index (κ1) is 23.0.